The van der Waals surface area contributed by atoms with Crippen molar-refractivity contribution in [1.82, 2.24) is 5.32 Å². The van der Waals surface area contributed by atoms with Crippen LogP contribution >= 0.6 is 0 Å². The van der Waals surface area contributed by atoms with Crippen molar-refractivity contribution in [3.8, 4) is 0 Å². The summed E-state index contributed by atoms with van der Waals surface area (Å²) in [7, 11) is 0. The maximum Gasteiger partial charge on any atom is 0.407 e. The fourth-order valence-electron chi connectivity index (χ4n) is 3.36. The second-order valence-corrected chi connectivity index (χ2v) is 8.80. The second kappa shape index (κ2) is 8.44. The molecule has 2 fully saturated rings. The Bertz CT molecular complexity index is 727. The van der Waals surface area contributed by atoms with Crippen molar-refractivity contribution < 1.29 is 28.5 Å². The largest absolute Gasteiger partial charge is 0.444 e. The van der Waals surface area contributed by atoms with Crippen LogP contribution in [0.3, 0.4) is 0 Å². The predicted octanol–water partition coefficient (Wildman–Crippen LogP) is 3.53. The Morgan fingerprint density at radius 1 is 1.21 bits per heavy atom. The van der Waals surface area contributed by atoms with Gasteiger partial charge in [-0.05, 0) is 45.8 Å². The van der Waals surface area contributed by atoms with Crippen LogP contribution in [0, 0.1) is 0 Å². The van der Waals surface area contributed by atoms with Crippen LogP contribution in [0.4, 0.5) is 4.79 Å². The van der Waals surface area contributed by atoms with E-state index in [1.54, 1.807) is 0 Å². The molecule has 0 unspecified atom stereocenters. The van der Waals surface area contributed by atoms with E-state index in [1.807, 2.05) is 65.0 Å². The molecule has 1 aromatic rings. The van der Waals surface area contributed by atoms with Gasteiger partial charge in [0.05, 0.1) is 6.61 Å². The molecular weight excluding hydrogens is 374 g/mol. The molecule has 4 atom stereocenters. The van der Waals surface area contributed by atoms with Gasteiger partial charge in [0.1, 0.15) is 23.9 Å². The Balaban J connectivity index is 1.64. The summed E-state index contributed by atoms with van der Waals surface area (Å²) >= 11 is 0. The van der Waals surface area contributed by atoms with Crippen molar-refractivity contribution in [3.63, 3.8) is 0 Å². The first-order valence-electron chi connectivity index (χ1n) is 9.85. The molecule has 2 aliphatic rings. The van der Waals surface area contributed by atoms with Crippen LogP contribution in [-0.4, -0.2) is 48.6 Å². The van der Waals surface area contributed by atoms with E-state index < -0.39 is 36.0 Å². The summed E-state index contributed by atoms with van der Waals surface area (Å²) in [6.07, 6.45) is -2.31. The van der Waals surface area contributed by atoms with Crippen LogP contribution in [0.15, 0.2) is 42.5 Å². The van der Waals surface area contributed by atoms with Crippen LogP contribution in [0.5, 0.6) is 0 Å². The number of hydrogen-bond acceptors (Lipinski definition) is 6. The van der Waals surface area contributed by atoms with E-state index >= 15 is 0 Å². The van der Waals surface area contributed by atoms with Crippen LogP contribution < -0.4 is 5.32 Å². The SMILES string of the molecule is C=C(CNC(=O)OC(C)(C)C)[C@H]1O[C@@H]2OC(C)(C)O[C@@H]2[C@H]1OCc1ccccc1. The first-order valence-corrected chi connectivity index (χ1v) is 9.85. The molecule has 0 saturated carbocycles. The van der Waals surface area contributed by atoms with E-state index in [2.05, 4.69) is 11.9 Å². The molecule has 0 aromatic heterocycles. The van der Waals surface area contributed by atoms with Gasteiger partial charge in [-0.1, -0.05) is 36.9 Å². The molecule has 2 aliphatic heterocycles. The summed E-state index contributed by atoms with van der Waals surface area (Å²) in [5, 5.41) is 2.71. The van der Waals surface area contributed by atoms with E-state index in [-0.39, 0.29) is 12.6 Å². The topological polar surface area (TPSA) is 75.3 Å². The first-order chi connectivity index (χ1) is 13.5. The molecule has 3 rings (SSSR count). The average Bonchev–Trinajstić information content (AvgIpc) is 3.09. The number of fused-ring (bicyclic) bond motifs is 1. The lowest BCUT2D eigenvalue weighted by Gasteiger charge is -2.27. The van der Waals surface area contributed by atoms with Gasteiger partial charge in [0.15, 0.2) is 12.1 Å². The van der Waals surface area contributed by atoms with Crippen LogP contribution in [0.1, 0.15) is 40.2 Å². The Morgan fingerprint density at radius 2 is 1.90 bits per heavy atom. The van der Waals surface area contributed by atoms with Gasteiger partial charge in [0.25, 0.3) is 0 Å². The highest BCUT2D eigenvalue weighted by Crippen LogP contribution is 2.40. The lowest BCUT2D eigenvalue weighted by molar-refractivity contribution is -0.214. The number of carbonyl (C=O) groups excluding carboxylic acids is 1. The monoisotopic (exact) mass is 405 g/mol. The van der Waals surface area contributed by atoms with E-state index in [9.17, 15) is 4.79 Å². The highest BCUT2D eigenvalue weighted by molar-refractivity contribution is 5.68. The molecule has 1 N–H and O–H groups in total. The molecule has 160 valence electrons. The fraction of sp³-hybridized carbons (Fsp3) is 0.591. The summed E-state index contributed by atoms with van der Waals surface area (Å²) in [5.74, 6) is -0.745. The zero-order valence-electron chi connectivity index (χ0n) is 17.8. The molecule has 1 aromatic carbocycles. The third-order valence-electron chi connectivity index (χ3n) is 4.54. The van der Waals surface area contributed by atoms with E-state index in [4.69, 9.17) is 23.7 Å². The van der Waals surface area contributed by atoms with Crippen molar-refractivity contribution >= 4 is 6.09 Å². The molecule has 0 radical (unpaired) electrons. The molecule has 0 aliphatic carbocycles. The second-order valence-electron chi connectivity index (χ2n) is 8.80. The van der Waals surface area contributed by atoms with Gasteiger partial charge >= 0.3 is 6.09 Å². The van der Waals surface area contributed by atoms with Gasteiger partial charge in [0.2, 0.25) is 0 Å². The minimum absolute atomic E-state index is 0.202. The summed E-state index contributed by atoms with van der Waals surface area (Å²) in [4.78, 5) is 12.0. The number of carbonyl (C=O) groups is 1. The van der Waals surface area contributed by atoms with Gasteiger partial charge < -0.3 is 29.0 Å². The molecule has 0 spiro atoms. The molecule has 29 heavy (non-hydrogen) atoms. The van der Waals surface area contributed by atoms with Crippen LogP contribution in [0.2, 0.25) is 0 Å². The number of benzene rings is 1. The highest BCUT2D eigenvalue weighted by atomic mass is 16.8. The maximum atomic E-state index is 12.0. The Kier molecular flexibility index (Phi) is 6.33. The molecule has 0 bridgehead atoms. The van der Waals surface area contributed by atoms with Crippen LogP contribution in [-0.2, 0) is 30.3 Å². The van der Waals surface area contributed by atoms with E-state index in [0.717, 1.165) is 5.56 Å². The Hall–Kier alpha value is -1.93. The quantitative estimate of drug-likeness (QED) is 0.730. The van der Waals surface area contributed by atoms with Crippen molar-refractivity contribution in [2.45, 2.75) is 77.2 Å². The zero-order valence-corrected chi connectivity index (χ0v) is 17.8. The zero-order chi connectivity index (χ0) is 21.2. The summed E-state index contributed by atoms with van der Waals surface area (Å²) < 4.78 is 29.4. The fourth-order valence-corrected chi connectivity index (χ4v) is 3.36. The van der Waals surface area contributed by atoms with Gasteiger partial charge in [-0.25, -0.2) is 4.79 Å². The van der Waals surface area contributed by atoms with Gasteiger partial charge in [-0.15, -0.1) is 0 Å². The van der Waals surface area contributed by atoms with Crippen molar-refractivity contribution in [2.24, 2.45) is 0 Å². The molecule has 2 heterocycles. The molecule has 2 saturated heterocycles. The van der Waals surface area contributed by atoms with Crippen LogP contribution in [0.25, 0.3) is 0 Å². The van der Waals surface area contributed by atoms with Crippen molar-refractivity contribution in [2.75, 3.05) is 6.54 Å². The smallest absolute Gasteiger partial charge is 0.407 e. The number of nitrogens with one attached hydrogen (secondary N) is 1. The number of alkyl carbamates (subject to hydrolysis) is 1. The van der Waals surface area contributed by atoms with Crippen molar-refractivity contribution in [3.05, 3.63) is 48.0 Å². The summed E-state index contributed by atoms with van der Waals surface area (Å²) in [6.45, 7) is 13.8. The third-order valence-corrected chi connectivity index (χ3v) is 4.54. The number of hydrogen-bond donors (Lipinski definition) is 1. The first kappa shape index (κ1) is 21.8. The predicted molar refractivity (Wildman–Crippen MR) is 107 cm³/mol. The molecule has 7 heteroatoms. The van der Waals surface area contributed by atoms with Crippen molar-refractivity contribution in [1.29, 1.82) is 0 Å². The minimum atomic E-state index is -0.745. The van der Waals surface area contributed by atoms with E-state index in [1.165, 1.54) is 0 Å². The van der Waals surface area contributed by atoms with Gasteiger partial charge in [-0.2, -0.15) is 0 Å². The molecule has 7 nitrogen and oxygen atoms in total. The highest BCUT2D eigenvalue weighted by Gasteiger charge is 2.55. The number of amides is 1. The number of ether oxygens (including phenoxy) is 5. The Morgan fingerprint density at radius 3 is 2.55 bits per heavy atom. The van der Waals surface area contributed by atoms with Gasteiger partial charge in [0, 0.05) is 6.54 Å². The lowest BCUT2D eigenvalue weighted by atomic mass is 10.0. The average molecular weight is 405 g/mol. The summed E-state index contributed by atoms with van der Waals surface area (Å²) in [6, 6.07) is 9.88. The standard InChI is InChI=1S/C22H31NO6/c1-14(12-23-20(24)29-21(2,3)4)16-17(25-13-15-10-8-7-9-11-15)18-19(26-16)28-22(5,6)27-18/h7-11,16-19H,1,12-13H2,2-6H3,(H,23,24)/t16-,17+,18-,19-/m1/s1. The third kappa shape index (κ3) is 5.79. The minimum Gasteiger partial charge on any atom is -0.444 e. The Labute approximate surface area is 172 Å². The lowest BCUT2D eigenvalue weighted by Crippen LogP contribution is -2.40. The summed E-state index contributed by atoms with van der Waals surface area (Å²) in [5.41, 5.74) is 1.14. The van der Waals surface area contributed by atoms with Gasteiger partial charge in [-0.3, -0.25) is 0 Å². The normalized spacial score (nSPS) is 28.0. The molecular formula is C22H31NO6. The molecule has 1 amide bonds. The maximum absolute atomic E-state index is 12.0. The number of rotatable bonds is 6. The van der Waals surface area contributed by atoms with E-state index in [0.29, 0.717) is 12.2 Å².